The normalized spacial score (nSPS) is 13.7. The lowest BCUT2D eigenvalue weighted by Crippen LogP contribution is -2.26. The van der Waals surface area contributed by atoms with Crippen LogP contribution in [0.4, 0.5) is 5.82 Å². The van der Waals surface area contributed by atoms with Crippen molar-refractivity contribution in [3.63, 3.8) is 0 Å². The summed E-state index contributed by atoms with van der Waals surface area (Å²) in [5.41, 5.74) is 1.95. The van der Waals surface area contributed by atoms with E-state index < -0.39 is 0 Å². The van der Waals surface area contributed by atoms with Gasteiger partial charge in [0.2, 0.25) is 0 Å². The molecule has 0 aromatic carbocycles. The smallest absolute Gasteiger partial charge is 0.274 e. The molecule has 9 nitrogen and oxygen atoms in total. The molecule has 0 saturated heterocycles. The number of anilines is 1. The molecule has 1 aliphatic carbocycles. The van der Waals surface area contributed by atoms with Crippen LogP contribution in [0.25, 0.3) is 5.65 Å². The largest absolute Gasteiger partial charge is 0.361 e. The van der Waals surface area contributed by atoms with E-state index in [2.05, 4.69) is 25.8 Å². The van der Waals surface area contributed by atoms with E-state index in [9.17, 15) is 4.79 Å². The van der Waals surface area contributed by atoms with Crippen molar-refractivity contribution < 1.29 is 9.32 Å². The number of rotatable bonds is 4. The molecule has 0 aliphatic heterocycles. The molecule has 130 valence electrons. The molecular formula is C16H19N7O2. The number of hydrogen-bond acceptors (Lipinski definition) is 7. The lowest BCUT2D eigenvalue weighted by atomic mass is 9.96. The van der Waals surface area contributed by atoms with Crippen LogP contribution in [0.3, 0.4) is 0 Å². The maximum atomic E-state index is 12.5. The minimum atomic E-state index is -0.257. The fraction of sp³-hybridized carbons (Fsp3) is 0.438. The van der Waals surface area contributed by atoms with Crippen LogP contribution < -0.4 is 10.2 Å². The Hall–Kier alpha value is -2.97. The van der Waals surface area contributed by atoms with E-state index in [1.807, 2.05) is 31.1 Å². The average molecular weight is 341 g/mol. The Morgan fingerprint density at radius 2 is 2.12 bits per heavy atom. The highest BCUT2D eigenvalue weighted by molar-refractivity contribution is 5.93. The molecule has 0 fully saturated rings. The van der Waals surface area contributed by atoms with Crippen LogP contribution in [-0.2, 0) is 19.4 Å². The number of carbonyl (C=O) groups is 1. The van der Waals surface area contributed by atoms with Gasteiger partial charge in [0, 0.05) is 26.1 Å². The molecule has 0 radical (unpaired) electrons. The van der Waals surface area contributed by atoms with E-state index in [0.717, 1.165) is 42.8 Å². The van der Waals surface area contributed by atoms with Crippen molar-refractivity contribution in [2.75, 3.05) is 19.0 Å². The number of aryl methyl sites for hydroxylation is 1. The van der Waals surface area contributed by atoms with Crippen LogP contribution in [-0.4, -0.2) is 45.0 Å². The molecule has 3 heterocycles. The van der Waals surface area contributed by atoms with E-state index in [4.69, 9.17) is 4.52 Å². The van der Waals surface area contributed by atoms with Gasteiger partial charge < -0.3 is 14.7 Å². The fourth-order valence-corrected chi connectivity index (χ4v) is 2.98. The Morgan fingerprint density at radius 3 is 2.96 bits per heavy atom. The molecule has 4 rings (SSSR count). The molecule has 0 bridgehead atoms. The van der Waals surface area contributed by atoms with Gasteiger partial charge in [-0.05, 0) is 31.4 Å². The highest BCUT2D eigenvalue weighted by atomic mass is 16.5. The van der Waals surface area contributed by atoms with Gasteiger partial charge in [-0.25, -0.2) is 0 Å². The zero-order chi connectivity index (χ0) is 17.4. The summed E-state index contributed by atoms with van der Waals surface area (Å²) in [5, 5.41) is 19.4. The second-order valence-electron chi connectivity index (χ2n) is 6.29. The summed E-state index contributed by atoms with van der Waals surface area (Å²) in [6, 6.07) is 3.71. The molecular weight excluding hydrogens is 322 g/mol. The van der Waals surface area contributed by atoms with Crippen molar-refractivity contribution in [1.82, 2.24) is 30.3 Å². The highest BCUT2D eigenvalue weighted by Crippen LogP contribution is 2.24. The third-order valence-corrected chi connectivity index (χ3v) is 4.34. The van der Waals surface area contributed by atoms with Gasteiger partial charge >= 0.3 is 0 Å². The Balaban J connectivity index is 1.53. The monoisotopic (exact) mass is 341 g/mol. The Kier molecular flexibility index (Phi) is 3.83. The summed E-state index contributed by atoms with van der Waals surface area (Å²) in [6.45, 7) is 0.214. The van der Waals surface area contributed by atoms with Crippen LogP contribution in [0.2, 0.25) is 0 Å². The van der Waals surface area contributed by atoms with Crippen LogP contribution in [0.1, 0.15) is 40.5 Å². The van der Waals surface area contributed by atoms with E-state index in [-0.39, 0.29) is 12.5 Å². The summed E-state index contributed by atoms with van der Waals surface area (Å²) in [6.07, 6.45) is 3.82. The molecule has 0 saturated carbocycles. The van der Waals surface area contributed by atoms with Crippen LogP contribution in [0.5, 0.6) is 0 Å². The van der Waals surface area contributed by atoms with Crippen molar-refractivity contribution in [1.29, 1.82) is 0 Å². The third kappa shape index (κ3) is 2.81. The van der Waals surface area contributed by atoms with E-state index >= 15 is 0 Å². The molecule has 1 aliphatic rings. The van der Waals surface area contributed by atoms with Gasteiger partial charge in [0.05, 0.1) is 6.54 Å². The van der Waals surface area contributed by atoms with Crippen molar-refractivity contribution >= 4 is 17.4 Å². The summed E-state index contributed by atoms with van der Waals surface area (Å²) in [7, 11) is 3.82. The standard InChI is InChI=1S/C16H19N7O2/c1-22(2)13-8-7-12-18-19-14(23(12)20-13)9-17-16(24)15-10-5-3-4-6-11(10)25-21-15/h7-8H,3-6,9H2,1-2H3,(H,17,24). The second-order valence-corrected chi connectivity index (χ2v) is 6.29. The van der Waals surface area contributed by atoms with Gasteiger partial charge in [-0.15, -0.1) is 15.3 Å². The van der Waals surface area contributed by atoms with Gasteiger partial charge in [-0.3, -0.25) is 4.79 Å². The summed E-state index contributed by atoms with van der Waals surface area (Å²) >= 11 is 0. The maximum Gasteiger partial charge on any atom is 0.274 e. The predicted octanol–water partition coefficient (Wildman–Crippen LogP) is 0.987. The van der Waals surface area contributed by atoms with Crippen LogP contribution in [0, 0.1) is 0 Å². The quantitative estimate of drug-likeness (QED) is 0.755. The zero-order valence-electron chi connectivity index (χ0n) is 14.2. The molecule has 0 spiro atoms. The van der Waals surface area contributed by atoms with Gasteiger partial charge in [-0.2, -0.15) is 4.52 Å². The molecule has 1 amide bonds. The second kappa shape index (κ2) is 6.15. The summed E-state index contributed by atoms with van der Waals surface area (Å²) in [4.78, 5) is 14.4. The number of hydrogen-bond donors (Lipinski definition) is 1. The van der Waals surface area contributed by atoms with E-state index in [0.29, 0.717) is 17.2 Å². The molecule has 0 unspecified atom stereocenters. The first-order valence-corrected chi connectivity index (χ1v) is 8.28. The molecule has 3 aromatic rings. The van der Waals surface area contributed by atoms with Crippen LogP contribution >= 0.6 is 0 Å². The Morgan fingerprint density at radius 1 is 1.28 bits per heavy atom. The van der Waals surface area contributed by atoms with Gasteiger partial charge in [0.15, 0.2) is 17.2 Å². The van der Waals surface area contributed by atoms with E-state index in [1.54, 1.807) is 4.52 Å². The molecule has 3 aromatic heterocycles. The Bertz CT molecular complexity index is 928. The van der Waals surface area contributed by atoms with Crippen molar-refractivity contribution in [3.05, 3.63) is 35.0 Å². The number of amides is 1. The lowest BCUT2D eigenvalue weighted by molar-refractivity contribution is 0.0940. The molecule has 9 heteroatoms. The molecule has 0 atom stereocenters. The summed E-state index contributed by atoms with van der Waals surface area (Å²) in [5.74, 6) is 1.92. The third-order valence-electron chi connectivity index (χ3n) is 4.34. The topological polar surface area (TPSA) is 101 Å². The molecule has 1 N–H and O–H groups in total. The minimum Gasteiger partial charge on any atom is -0.361 e. The summed E-state index contributed by atoms with van der Waals surface area (Å²) < 4.78 is 6.93. The predicted molar refractivity (Wildman–Crippen MR) is 89.4 cm³/mol. The average Bonchev–Trinajstić information content (AvgIpc) is 3.23. The fourth-order valence-electron chi connectivity index (χ4n) is 2.98. The van der Waals surface area contributed by atoms with Gasteiger partial charge in [0.25, 0.3) is 5.91 Å². The maximum absolute atomic E-state index is 12.5. The Labute approximate surface area is 144 Å². The highest BCUT2D eigenvalue weighted by Gasteiger charge is 2.24. The number of carbonyl (C=O) groups excluding carboxylic acids is 1. The van der Waals surface area contributed by atoms with E-state index in [1.165, 1.54) is 0 Å². The molecule has 25 heavy (non-hydrogen) atoms. The first kappa shape index (κ1) is 15.6. The first-order valence-electron chi connectivity index (χ1n) is 8.28. The number of aromatic nitrogens is 5. The van der Waals surface area contributed by atoms with Crippen molar-refractivity contribution in [3.8, 4) is 0 Å². The number of nitrogens with one attached hydrogen (secondary N) is 1. The minimum absolute atomic E-state index is 0.214. The first-order chi connectivity index (χ1) is 12.1. The van der Waals surface area contributed by atoms with Gasteiger partial charge in [0.1, 0.15) is 11.6 Å². The zero-order valence-corrected chi connectivity index (χ0v) is 14.2. The van der Waals surface area contributed by atoms with Crippen molar-refractivity contribution in [2.24, 2.45) is 0 Å². The lowest BCUT2D eigenvalue weighted by Gasteiger charge is -2.11. The van der Waals surface area contributed by atoms with Gasteiger partial charge in [-0.1, -0.05) is 5.16 Å². The van der Waals surface area contributed by atoms with Crippen LogP contribution in [0.15, 0.2) is 16.7 Å². The SMILES string of the molecule is CN(C)c1ccc2nnc(CNC(=O)c3noc4c3CCCC4)n2n1. The van der Waals surface area contributed by atoms with Crippen molar-refractivity contribution in [2.45, 2.75) is 32.2 Å². The number of fused-ring (bicyclic) bond motifs is 2. The number of nitrogens with zero attached hydrogens (tertiary/aromatic N) is 6.